The van der Waals surface area contributed by atoms with E-state index in [2.05, 4.69) is 47.1 Å². The molecule has 0 radical (unpaired) electrons. The zero-order valence-corrected chi connectivity index (χ0v) is 9.02. The third kappa shape index (κ3) is 5.21. The van der Waals surface area contributed by atoms with E-state index >= 15 is 0 Å². The molecular formula is C8H9BrO2S. The number of halogens is 1. The summed E-state index contributed by atoms with van der Waals surface area (Å²) in [6.07, 6.45) is 0. The normalized spacial score (nSPS) is 8.17. The Morgan fingerprint density at radius 1 is 1.25 bits per heavy atom. The van der Waals surface area contributed by atoms with E-state index in [1.54, 1.807) is 0 Å². The van der Waals surface area contributed by atoms with Crippen LogP contribution >= 0.6 is 15.9 Å². The molecule has 0 aromatic heterocycles. The van der Waals surface area contributed by atoms with Crippen LogP contribution in [0.2, 0.25) is 0 Å². The summed E-state index contributed by atoms with van der Waals surface area (Å²) in [7, 11) is 0. The van der Waals surface area contributed by atoms with Crippen LogP contribution in [0.3, 0.4) is 0 Å². The minimum atomic E-state index is -0.750. The second kappa shape index (κ2) is 7.18. The molecule has 1 aromatic rings. The fourth-order valence-electron chi connectivity index (χ4n) is 0.677. The molecule has 0 unspecified atom stereocenters. The average molecular weight is 249 g/mol. The lowest BCUT2D eigenvalue weighted by Gasteiger charge is -1.93. The van der Waals surface area contributed by atoms with Crippen LogP contribution in [0.4, 0.5) is 0 Å². The molecule has 0 bridgehead atoms. The van der Waals surface area contributed by atoms with Crippen molar-refractivity contribution in [1.29, 1.82) is 0 Å². The molecule has 0 fully saturated rings. The van der Waals surface area contributed by atoms with Crippen molar-refractivity contribution in [3.63, 3.8) is 0 Å². The maximum Gasteiger partial charge on any atom is 0.335 e. The van der Waals surface area contributed by atoms with Crippen LogP contribution in [-0.2, 0) is 16.9 Å². The Labute approximate surface area is 83.7 Å². The van der Waals surface area contributed by atoms with Gasteiger partial charge in [0.1, 0.15) is 0 Å². The van der Waals surface area contributed by atoms with Crippen molar-refractivity contribution < 1.29 is 8.42 Å². The summed E-state index contributed by atoms with van der Waals surface area (Å²) in [6.45, 7) is 2.10. The summed E-state index contributed by atoms with van der Waals surface area (Å²) < 4.78 is 16.6. The number of hydrogen-bond donors (Lipinski definition) is 0. The largest absolute Gasteiger partial charge is 0.335 e. The zero-order chi connectivity index (χ0) is 9.40. The van der Waals surface area contributed by atoms with E-state index in [-0.39, 0.29) is 0 Å². The van der Waals surface area contributed by atoms with E-state index in [0.717, 1.165) is 5.33 Å². The van der Waals surface area contributed by atoms with E-state index in [1.807, 2.05) is 0 Å². The van der Waals surface area contributed by atoms with Crippen LogP contribution in [0.15, 0.2) is 24.3 Å². The predicted molar refractivity (Wildman–Crippen MR) is 52.7 cm³/mol. The molecule has 0 aliphatic heterocycles. The van der Waals surface area contributed by atoms with Crippen LogP contribution in [0, 0.1) is 6.92 Å². The first-order chi connectivity index (χ1) is 5.74. The smallest absolute Gasteiger partial charge is 0.168 e. The zero-order valence-electron chi connectivity index (χ0n) is 6.62. The predicted octanol–water partition coefficient (Wildman–Crippen LogP) is 2.22. The topological polar surface area (TPSA) is 34.1 Å². The Hall–Kier alpha value is -0.480. The molecule has 4 heteroatoms. The second-order valence-electron chi connectivity index (χ2n) is 2.19. The minimum Gasteiger partial charge on any atom is -0.168 e. The Morgan fingerprint density at radius 2 is 1.67 bits per heavy atom. The molecule has 0 amide bonds. The molecule has 1 aromatic carbocycles. The van der Waals surface area contributed by atoms with Crippen LogP contribution in [0.25, 0.3) is 0 Å². The molecule has 0 heterocycles. The van der Waals surface area contributed by atoms with E-state index in [4.69, 9.17) is 8.42 Å². The van der Waals surface area contributed by atoms with Gasteiger partial charge in [-0.15, -0.1) is 0 Å². The SMILES string of the molecule is Cc1ccc(CBr)cc1.O=S=O. The highest BCUT2D eigenvalue weighted by Gasteiger charge is 1.85. The molecule has 66 valence electrons. The Balaban J connectivity index is 0.000000354. The first-order valence-corrected chi connectivity index (χ1v) is 5.06. The summed E-state index contributed by atoms with van der Waals surface area (Å²) in [6, 6.07) is 8.50. The maximum atomic E-state index is 8.29. The monoisotopic (exact) mass is 248 g/mol. The van der Waals surface area contributed by atoms with Gasteiger partial charge >= 0.3 is 11.6 Å². The lowest BCUT2D eigenvalue weighted by atomic mass is 10.2. The van der Waals surface area contributed by atoms with Crippen molar-refractivity contribution in [3.8, 4) is 0 Å². The molecule has 12 heavy (non-hydrogen) atoms. The summed E-state index contributed by atoms with van der Waals surface area (Å²) in [5, 5.41) is 0.952. The number of benzene rings is 1. The molecule has 0 aliphatic carbocycles. The lowest BCUT2D eigenvalue weighted by molar-refractivity contribution is 0.630. The first-order valence-electron chi connectivity index (χ1n) is 3.28. The van der Waals surface area contributed by atoms with Gasteiger partial charge in [0.05, 0.1) is 0 Å². The molecule has 2 nitrogen and oxygen atoms in total. The Kier molecular flexibility index (Phi) is 6.90. The minimum absolute atomic E-state index is 0.750. The first kappa shape index (κ1) is 11.5. The van der Waals surface area contributed by atoms with Crippen LogP contribution in [0.5, 0.6) is 0 Å². The van der Waals surface area contributed by atoms with Gasteiger partial charge in [-0.2, -0.15) is 8.42 Å². The fourth-order valence-corrected chi connectivity index (χ4v) is 1.05. The summed E-state index contributed by atoms with van der Waals surface area (Å²) in [5.74, 6) is 0. The standard InChI is InChI=1S/C8H9Br.O2S/c1-7-2-4-8(6-9)5-3-7;1-3-2/h2-5H,6H2,1H3;. The van der Waals surface area contributed by atoms with Crippen molar-refractivity contribution >= 4 is 27.5 Å². The third-order valence-electron chi connectivity index (χ3n) is 1.27. The van der Waals surface area contributed by atoms with Crippen molar-refractivity contribution in [1.82, 2.24) is 0 Å². The fraction of sp³-hybridized carbons (Fsp3) is 0.250. The second-order valence-corrected chi connectivity index (χ2v) is 2.88. The van der Waals surface area contributed by atoms with Crippen molar-refractivity contribution in [3.05, 3.63) is 35.4 Å². The molecular weight excluding hydrogens is 240 g/mol. The Morgan fingerprint density at radius 3 is 2.00 bits per heavy atom. The quantitative estimate of drug-likeness (QED) is 0.715. The number of alkyl halides is 1. The number of aryl methyl sites for hydroxylation is 1. The summed E-state index contributed by atoms with van der Waals surface area (Å²) >= 11 is 2.63. The van der Waals surface area contributed by atoms with Gasteiger partial charge in [-0.1, -0.05) is 45.8 Å². The van der Waals surface area contributed by atoms with Gasteiger partial charge in [-0.3, -0.25) is 0 Å². The highest BCUT2D eigenvalue weighted by molar-refractivity contribution is 9.08. The molecule has 0 saturated carbocycles. The average Bonchev–Trinajstić information content (AvgIpc) is 2.07. The van der Waals surface area contributed by atoms with Crippen molar-refractivity contribution in [2.45, 2.75) is 12.3 Å². The van der Waals surface area contributed by atoms with Gasteiger partial charge in [0.25, 0.3) is 0 Å². The van der Waals surface area contributed by atoms with Gasteiger partial charge < -0.3 is 0 Å². The summed E-state index contributed by atoms with van der Waals surface area (Å²) in [5.41, 5.74) is 2.65. The van der Waals surface area contributed by atoms with Crippen LogP contribution in [0.1, 0.15) is 11.1 Å². The van der Waals surface area contributed by atoms with Gasteiger partial charge in [0, 0.05) is 5.33 Å². The molecule has 0 N–H and O–H groups in total. The molecule has 0 spiro atoms. The van der Waals surface area contributed by atoms with E-state index in [0.29, 0.717) is 0 Å². The molecule has 0 aliphatic rings. The van der Waals surface area contributed by atoms with Gasteiger partial charge in [-0.05, 0) is 12.5 Å². The Bertz CT molecular complexity index is 252. The van der Waals surface area contributed by atoms with Gasteiger partial charge in [0.15, 0.2) is 0 Å². The number of rotatable bonds is 1. The van der Waals surface area contributed by atoms with Gasteiger partial charge in [0.2, 0.25) is 0 Å². The number of hydrogen-bond acceptors (Lipinski definition) is 2. The van der Waals surface area contributed by atoms with Crippen LogP contribution in [-0.4, -0.2) is 8.42 Å². The van der Waals surface area contributed by atoms with Crippen LogP contribution < -0.4 is 0 Å². The van der Waals surface area contributed by atoms with E-state index < -0.39 is 11.6 Å². The van der Waals surface area contributed by atoms with Crippen molar-refractivity contribution in [2.75, 3.05) is 0 Å². The third-order valence-corrected chi connectivity index (χ3v) is 1.92. The maximum absolute atomic E-state index is 8.29. The molecule has 0 saturated heterocycles. The molecule has 1 rings (SSSR count). The highest BCUT2D eigenvalue weighted by atomic mass is 79.9. The lowest BCUT2D eigenvalue weighted by Crippen LogP contribution is -1.75. The van der Waals surface area contributed by atoms with Crippen molar-refractivity contribution in [2.24, 2.45) is 0 Å². The summed E-state index contributed by atoms with van der Waals surface area (Å²) in [4.78, 5) is 0. The molecule has 0 atom stereocenters. The van der Waals surface area contributed by atoms with E-state index in [1.165, 1.54) is 11.1 Å². The van der Waals surface area contributed by atoms with E-state index in [9.17, 15) is 0 Å². The highest BCUT2D eigenvalue weighted by Crippen LogP contribution is 2.05. The van der Waals surface area contributed by atoms with Gasteiger partial charge in [-0.25, -0.2) is 0 Å².